The minimum atomic E-state index is -0.950. The first-order valence-electron chi connectivity index (χ1n) is 11.7. The molecule has 2 amide bonds. The van der Waals surface area contributed by atoms with Gasteiger partial charge in [0, 0.05) is 17.1 Å². The number of ether oxygens (including phenoxy) is 1. The zero-order valence-corrected chi connectivity index (χ0v) is 20.7. The van der Waals surface area contributed by atoms with Crippen molar-refractivity contribution in [2.45, 2.75) is 12.5 Å². The minimum absolute atomic E-state index is 0.211. The molecule has 0 aliphatic rings. The highest BCUT2D eigenvalue weighted by Gasteiger charge is 2.18. The van der Waals surface area contributed by atoms with Crippen molar-refractivity contribution in [2.24, 2.45) is 5.73 Å². The number of aromatic nitrogens is 2. The molecule has 9 nitrogen and oxygen atoms in total. The van der Waals surface area contributed by atoms with Crippen LogP contribution in [-0.4, -0.2) is 47.5 Å². The number of carbonyl (C=O) groups is 2. The number of rotatable bonds is 9. The Bertz CT molecular complexity index is 1480. The van der Waals surface area contributed by atoms with Gasteiger partial charge in [-0.05, 0) is 69.0 Å². The molecule has 0 aliphatic heterocycles. The summed E-state index contributed by atoms with van der Waals surface area (Å²) in [5.74, 6) is -1.68. The Morgan fingerprint density at radius 1 is 1.05 bits per heavy atom. The summed E-state index contributed by atoms with van der Waals surface area (Å²) in [5, 5.41) is 6.73. The molecule has 0 radical (unpaired) electrons. The van der Waals surface area contributed by atoms with Gasteiger partial charge in [0.1, 0.15) is 29.3 Å². The molecule has 4 rings (SSSR count). The maximum absolute atomic E-state index is 14.1. The van der Waals surface area contributed by atoms with Crippen molar-refractivity contribution in [3.05, 3.63) is 89.8 Å². The van der Waals surface area contributed by atoms with Gasteiger partial charge in [-0.3, -0.25) is 4.79 Å². The number of carbonyl (C=O) groups excluding carboxylic acids is 2. The van der Waals surface area contributed by atoms with E-state index in [9.17, 15) is 18.4 Å². The molecule has 0 fully saturated rings. The van der Waals surface area contributed by atoms with Gasteiger partial charge in [-0.25, -0.2) is 23.5 Å². The lowest BCUT2D eigenvalue weighted by atomic mass is 10.0. The highest BCUT2D eigenvalue weighted by atomic mass is 19.1. The number of hydrogen-bond donors (Lipinski definition) is 3. The van der Waals surface area contributed by atoms with Crippen LogP contribution in [0.2, 0.25) is 0 Å². The quantitative estimate of drug-likeness (QED) is 0.292. The molecule has 196 valence electrons. The van der Waals surface area contributed by atoms with Gasteiger partial charge in [-0.1, -0.05) is 18.2 Å². The average Bonchev–Trinajstić information content (AvgIpc) is 2.86. The minimum Gasteiger partial charge on any atom is -0.408 e. The lowest BCUT2D eigenvalue weighted by Crippen LogP contribution is -2.21. The van der Waals surface area contributed by atoms with E-state index in [1.54, 1.807) is 36.4 Å². The maximum Gasteiger partial charge on any atom is 0.410 e. The largest absolute Gasteiger partial charge is 0.410 e. The smallest absolute Gasteiger partial charge is 0.408 e. The molecule has 4 N–H and O–H groups in total. The van der Waals surface area contributed by atoms with E-state index in [1.807, 2.05) is 25.1 Å². The monoisotopic (exact) mass is 520 g/mol. The van der Waals surface area contributed by atoms with Crippen molar-refractivity contribution in [3.63, 3.8) is 0 Å². The summed E-state index contributed by atoms with van der Waals surface area (Å²) in [6.07, 6.45) is 1.07. The summed E-state index contributed by atoms with van der Waals surface area (Å²) in [5.41, 5.74) is 6.61. The Kier molecular flexibility index (Phi) is 8.07. The standard InChI is InChI=1S/C27H26F2N6O3/c1-35(2)12-11-22(34-25-20-7-4-8-23(38-27(30)37)24(20)31-15-32-25)16-5-3-6-18(13-16)33-26(36)19-10-9-17(28)14-21(19)29/h3-10,13-15,22H,11-12H2,1-2H3,(H2,30,37)(H,33,36)(H,31,32,34). The van der Waals surface area contributed by atoms with Crippen LogP contribution < -0.4 is 21.1 Å². The topological polar surface area (TPSA) is 122 Å². The van der Waals surface area contributed by atoms with Crippen LogP contribution in [-0.2, 0) is 0 Å². The Morgan fingerprint density at radius 3 is 2.58 bits per heavy atom. The Hall–Kier alpha value is -4.64. The number of hydrogen-bond acceptors (Lipinski definition) is 7. The first-order valence-corrected chi connectivity index (χ1v) is 11.7. The number of halogens is 2. The molecule has 0 saturated heterocycles. The van der Waals surface area contributed by atoms with Gasteiger partial charge in [-0.2, -0.15) is 0 Å². The van der Waals surface area contributed by atoms with Crippen LogP contribution in [0.5, 0.6) is 5.75 Å². The van der Waals surface area contributed by atoms with E-state index in [0.29, 0.717) is 34.9 Å². The summed E-state index contributed by atoms with van der Waals surface area (Å²) in [6.45, 7) is 0.730. The molecule has 1 heterocycles. The summed E-state index contributed by atoms with van der Waals surface area (Å²) < 4.78 is 32.4. The predicted octanol–water partition coefficient (Wildman–Crippen LogP) is 4.72. The van der Waals surface area contributed by atoms with E-state index in [4.69, 9.17) is 10.5 Å². The molecule has 11 heteroatoms. The first kappa shape index (κ1) is 26.4. The number of nitrogens with one attached hydrogen (secondary N) is 2. The molecule has 1 atom stereocenters. The summed E-state index contributed by atoms with van der Waals surface area (Å²) in [4.78, 5) is 34.6. The second-order valence-corrected chi connectivity index (χ2v) is 8.79. The highest BCUT2D eigenvalue weighted by Crippen LogP contribution is 2.31. The second kappa shape index (κ2) is 11.6. The third-order valence-electron chi connectivity index (χ3n) is 5.74. The van der Waals surface area contributed by atoms with E-state index in [2.05, 4.69) is 20.6 Å². The van der Waals surface area contributed by atoms with Crippen LogP contribution >= 0.6 is 0 Å². The van der Waals surface area contributed by atoms with Gasteiger partial charge in [0.15, 0.2) is 5.75 Å². The molecule has 3 aromatic carbocycles. The SMILES string of the molecule is CN(C)CCC(Nc1ncnc2c(OC(N)=O)cccc12)c1cccc(NC(=O)c2ccc(F)cc2F)c1. The lowest BCUT2D eigenvalue weighted by Gasteiger charge is -2.23. The van der Waals surface area contributed by atoms with Gasteiger partial charge in [0.05, 0.1) is 11.6 Å². The van der Waals surface area contributed by atoms with Gasteiger partial charge < -0.3 is 26.0 Å². The van der Waals surface area contributed by atoms with Crippen LogP contribution in [0.15, 0.2) is 67.0 Å². The number of fused-ring (bicyclic) bond motifs is 1. The molecular weight excluding hydrogens is 494 g/mol. The van der Waals surface area contributed by atoms with Crippen LogP contribution in [0.3, 0.4) is 0 Å². The summed E-state index contributed by atoms with van der Waals surface area (Å²) >= 11 is 0. The molecule has 1 aromatic heterocycles. The van der Waals surface area contributed by atoms with Gasteiger partial charge in [0.2, 0.25) is 0 Å². The molecular formula is C27H26F2N6O3. The van der Waals surface area contributed by atoms with E-state index in [-0.39, 0.29) is 17.4 Å². The van der Waals surface area contributed by atoms with Gasteiger partial charge in [-0.15, -0.1) is 0 Å². The van der Waals surface area contributed by atoms with Crippen molar-refractivity contribution >= 4 is 34.4 Å². The maximum atomic E-state index is 14.1. The van der Waals surface area contributed by atoms with E-state index in [0.717, 1.165) is 24.2 Å². The van der Waals surface area contributed by atoms with E-state index < -0.39 is 23.6 Å². The van der Waals surface area contributed by atoms with Gasteiger partial charge >= 0.3 is 6.09 Å². The molecule has 0 saturated carbocycles. The van der Waals surface area contributed by atoms with Crippen LogP contribution in [0, 0.1) is 11.6 Å². The summed E-state index contributed by atoms with van der Waals surface area (Å²) in [7, 11) is 3.91. The Morgan fingerprint density at radius 2 is 1.84 bits per heavy atom. The van der Waals surface area contributed by atoms with Crippen molar-refractivity contribution < 1.29 is 23.1 Å². The first-order chi connectivity index (χ1) is 18.2. The van der Waals surface area contributed by atoms with Gasteiger partial charge in [0.25, 0.3) is 5.91 Å². The van der Waals surface area contributed by atoms with E-state index >= 15 is 0 Å². The fraction of sp³-hybridized carbons (Fsp3) is 0.185. The number of nitrogens with zero attached hydrogens (tertiary/aromatic N) is 3. The lowest BCUT2D eigenvalue weighted by molar-refractivity contribution is 0.102. The van der Waals surface area contributed by atoms with Crippen molar-refractivity contribution in [1.29, 1.82) is 0 Å². The van der Waals surface area contributed by atoms with Crippen molar-refractivity contribution in [2.75, 3.05) is 31.3 Å². The molecule has 0 bridgehead atoms. The van der Waals surface area contributed by atoms with Crippen LogP contribution in [0.25, 0.3) is 10.9 Å². The molecule has 38 heavy (non-hydrogen) atoms. The number of primary amides is 1. The van der Waals surface area contributed by atoms with Crippen molar-refractivity contribution in [3.8, 4) is 5.75 Å². The number of anilines is 2. The van der Waals surface area contributed by atoms with Crippen LogP contribution in [0.1, 0.15) is 28.4 Å². The number of nitrogens with two attached hydrogens (primary N) is 1. The zero-order chi connectivity index (χ0) is 27.2. The number of benzene rings is 3. The number of amides is 2. The predicted molar refractivity (Wildman–Crippen MR) is 140 cm³/mol. The average molecular weight is 521 g/mol. The molecule has 1 unspecified atom stereocenters. The zero-order valence-electron chi connectivity index (χ0n) is 20.7. The normalized spacial score (nSPS) is 11.8. The fourth-order valence-corrected chi connectivity index (χ4v) is 3.95. The molecule has 0 spiro atoms. The Balaban J connectivity index is 1.63. The van der Waals surface area contributed by atoms with E-state index in [1.165, 1.54) is 6.33 Å². The third-order valence-corrected chi connectivity index (χ3v) is 5.74. The Labute approximate surface area is 217 Å². The highest BCUT2D eigenvalue weighted by molar-refractivity contribution is 6.04. The van der Waals surface area contributed by atoms with Crippen molar-refractivity contribution in [1.82, 2.24) is 14.9 Å². The fourth-order valence-electron chi connectivity index (χ4n) is 3.95. The summed E-state index contributed by atoms with van der Waals surface area (Å²) in [6, 6.07) is 14.7. The third kappa shape index (κ3) is 6.37. The second-order valence-electron chi connectivity index (χ2n) is 8.79. The van der Waals surface area contributed by atoms with Crippen LogP contribution in [0.4, 0.5) is 25.1 Å². The molecule has 4 aromatic rings. The molecule has 0 aliphatic carbocycles. The number of para-hydroxylation sites is 1.